The Morgan fingerprint density at radius 3 is 2.30 bits per heavy atom. The maximum Gasteiger partial charge on any atom is 0.240 e. The van der Waals surface area contributed by atoms with Gasteiger partial charge in [0.2, 0.25) is 10.0 Å². The van der Waals surface area contributed by atoms with Crippen LogP contribution < -0.4 is 9.46 Å². The monoisotopic (exact) mass is 451 g/mol. The molecule has 0 aliphatic rings. The molecule has 0 radical (unpaired) electrons. The number of hydrogen-bond donors (Lipinski definition) is 1. The van der Waals surface area contributed by atoms with Gasteiger partial charge in [0.15, 0.2) is 9.84 Å². The van der Waals surface area contributed by atoms with Crippen molar-refractivity contribution in [3.8, 4) is 5.75 Å². The Hall–Kier alpha value is -2.56. The van der Waals surface area contributed by atoms with Gasteiger partial charge in [-0.15, -0.1) is 0 Å². The van der Waals surface area contributed by atoms with E-state index in [1.165, 1.54) is 31.4 Å². The number of sulfonamides is 1. The number of hydrogen-bond acceptors (Lipinski definition) is 7. The van der Waals surface area contributed by atoms with Gasteiger partial charge in [0.05, 0.1) is 40.5 Å². The molecule has 1 heterocycles. The second-order valence-electron chi connectivity index (χ2n) is 6.35. The van der Waals surface area contributed by atoms with Crippen molar-refractivity contribution in [2.45, 2.75) is 36.6 Å². The summed E-state index contributed by atoms with van der Waals surface area (Å²) < 4.78 is 56.0. The summed E-state index contributed by atoms with van der Waals surface area (Å²) in [5.74, 6) is 0.526. The number of pyridine rings is 1. The van der Waals surface area contributed by atoms with Crippen LogP contribution >= 0.6 is 0 Å². The Bertz CT molecular complexity index is 1150. The SMILES string of the molecule is C/C=C(\N=C/CC)c1cc(OC)cc(CNS(=O)(=O)c2ccc(S(C)(=O)=O)cc2)n1. The fraction of sp³-hybridized carbons (Fsp3) is 0.300. The molecule has 0 saturated heterocycles. The molecule has 0 unspecified atom stereocenters. The molecule has 1 aromatic carbocycles. The van der Waals surface area contributed by atoms with Crippen LogP contribution in [0.1, 0.15) is 31.7 Å². The van der Waals surface area contributed by atoms with Crippen molar-refractivity contribution < 1.29 is 21.6 Å². The molecule has 0 bridgehead atoms. The zero-order valence-corrected chi connectivity index (χ0v) is 18.9. The third-order valence-electron chi connectivity index (χ3n) is 4.04. The molecule has 0 atom stereocenters. The van der Waals surface area contributed by atoms with Crippen molar-refractivity contribution in [3.63, 3.8) is 0 Å². The fourth-order valence-electron chi connectivity index (χ4n) is 2.50. The number of rotatable bonds is 9. The molecule has 0 amide bonds. The van der Waals surface area contributed by atoms with Gasteiger partial charge >= 0.3 is 0 Å². The first-order valence-corrected chi connectivity index (χ1v) is 12.5. The Labute approximate surface area is 177 Å². The molecule has 0 aliphatic heterocycles. The molecule has 1 aromatic heterocycles. The number of aliphatic imine (C=N–C) groups is 1. The van der Waals surface area contributed by atoms with Crippen LogP contribution in [-0.4, -0.2) is 41.4 Å². The van der Waals surface area contributed by atoms with E-state index < -0.39 is 19.9 Å². The first kappa shape index (κ1) is 23.7. The zero-order chi connectivity index (χ0) is 22.4. The van der Waals surface area contributed by atoms with E-state index in [9.17, 15) is 16.8 Å². The van der Waals surface area contributed by atoms with E-state index >= 15 is 0 Å². The van der Waals surface area contributed by atoms with Crippen LogP contribution in [0.3, 0.4) is 0 Å². The Kier molecular flexibility index (Phi) is 7.88. The Morgan fingerprint density at radius 2 is 1.77 bits per heavy atom. The van der Waals surface area contributed by atoms with Gasteiger partial charge in [0.25, 0.3) is 0 Å². The minimum atomic E-state index is -3.86. The molecule has 0 fully saturated rings. The van der Waals surface area contributed by atoms with Gasteiger partial charge in [-0.05, 0) is 37.6 Å². The highest BCUT2D eigenvalue weighted by atomic mass is 32.2. The maximum absolute atomic E-state index is 12.6. The summed E-state index contributed by atoms with van der Waals surface area (Å²) in [6.07, 6.45) is 5.40. The predicted molar refractivity (Wildman–Crippen MR) is 117 cm³/mol. The average Bonchev–Trinajstić information content (AvgIpc) is 2.72. The second kappa shape index (κ2) is 9.96. The first-order valence-electron chi connectivity index (χ1n) is 9.14. The van der Waals surface area contributed by atoms with Gasteiger partial charge in [-0.2, -0.15) is 0 Å². The Morgan fingerprint density at radius 1 is 1.13 bits per heavy atom. The van der Waals surface area contributed by atoms with E-state index in [-0.39, 0.29) is 16.3 Å². The van der Waals surface area contributed by atoms with Crippen LogP contribution in [0.5, 0.6) is 5.75 Å². The summed E-state index contributed by atoms with van der Waals surface area (Å²) >= 11 is 0. The molecule has 30 heavy (non-hydrogen) atoms. The van der Waals surface area contributed by atoms with Crippen molar-refractivity contribution in [2.75, 3.05) is 13.4 Å². The third kappa shape index (κ3) is 6.22. The highest BCUT2D eigenvalue weighted by Gasteiger charge is 2.16. The number of nitrogens with zero attached hydrogens (tertiary/aromatic N) is 2. The standard InChI is InChI=1S/C20H25N3O5S2/c1-5-11-21-19(6-2)20-13-16(28-3)12-15(23-20)14-22-30(26,27)18-9-7-17(8-10-18)29(4,24)25/h6-13,22H,5,14H2,1-4H3/b19-6-,21-11-. The number of aromatic nitrogens is 1. The van der Waals surface area contributed by atoms with Gasteiger partial charge in [-0.25, -0.2) is 26.5 Å². The second-order valence-corrected chi connectivity index (χ2v) is 10.1. The summed E-state index contributed by atoms with van der Waals surface area (Å²) in [4.78, 5) is 8.85. The smallest absolute Gasteiger partial charge is 0.240 e. The molecule has 8 nitrogen and oxygen atoms in total. The van der Waals surface area contributed by atoms with Gasteiger partial charge < -0.3 is 4.74 Å². The van der Waals surface area contributed by atoms with Gasteiger partial charge in [-0.3, -0.25) is 4.99 Å². The van der Waals surface area contributed by atoms with Crippen LogP contribution in [0.25, 0.3) is 5.70 Å². The van der Waals surface area contributed by atoms with E-state index in [4.69, 9.17) is 4.74 Å². The highest BCUT2D eigenvalue weighted by molar-refractivity contribution is 7.90. The lowest BCUT2D eigenvalue weighted by Crippen LogP contribution is -2.24. The molecule has 0 saturated carbocycles. The lowest BCUT2D eigenvalue weighted by Gasteiger charge is -2.10. The lowest BCUT2D eigenvalue weighted by atomic mass is 10.2. The van der Waals surface area contributed by atoms with E-state index in [0.717, 1.165) is 12.7 Å². The van der Waals surface area contributed by atoms with Gasteiger partial charge in [-0.1, -0.05) is 13.0 Å². The minimum absolute atomic E-state index is 0.0419. The number of methoxy groups -OCH3 is 1. The lowest BCUT2D eigenvalue weighted by molar-refractivity contribution is 0.413. The topological polar surface area (TPSA) is 115 Å². The fourth-order valence-corrected chi connectivity index (χ4v) is 4.13. The van der Waals surface area contributed by atoms with Crippen molar-refractivity contribution in [1.29, 1.82) is 0 Å². The summed E-state index contributed by atoms with van der Waals surface area (Å²) in [5.41, 5.74) is 1.66. The number of benzene rings is 1. The van der Waals surface area contributed by atoms with Crippen LogP contribution in [-0.2, 0) is 26.4 Å². The number of sulfone groups is 1. The van der Waals surface area contributed by atoms with Gasteiger partial charge in [0, 0.05) is 24.6 Å². The van der Waals surface area contributed by atoms with Crippen molar-refractivity contribution >= 4 is 31.8 Å². The summed E-state index contributed by atoms with van der Waals surface area (Å²) in [6.45, 7) is 3.74. The van der Waals surface area contributed by atoms with Crippen LogP contribution in [0.4, 0.5) is 0 Å². The van der Waals surface area contributed by atoms with Crippen molar-refractivity contribution in [1.82, 2.24) is 9.71 Å². The van der Waals surface area contributed by atoms with Crippen LogP contribution in [0, 0.1) is 0 Å². The third-order valence-corrected chi connectivity index (χ3v) is 6.59. The number of allylic oxidation sites excluding steroid dienone is 1. The predicted octanol–water partition coefficient (Wildman–Crippen LogP) is 2.81. The quantitative estimate of drug-likeness (QED) is 0.586. The molecular weight excluding hydrogens is 426 g/mol. The zero-order valence-electron chi connectivity index (χ0n) is 17.3. The summed E-state index contributed by atoms with van der Waals surface area (Å²) in [6, 6.07) is 8.38. The molecule has 0 spiro atoms. The first-order chi connectivity index (χ1) is 14.1. The van der Waals surface area contributed by atoms with Crippen molar-refractivity contribution in [3.05, 3.63) is 53.9 Å². The molecule has 2 rings (SSSR count). The normalized spacial score (nSPS) is 13.0. The molecular formula is C20H25N3O5S2. The van der Waals surface area contributed by atoms with E-state index in [2.05, 4.69) is 14.7 Å². The number of ether oxygens (including phenoxy) is 1. The highest BCUT2D eigenvalue weighted by Crippen LogP contribution is 2.21. The molecule has 162 valence electrons. The van der Waals surface area contributed by atoms with Crippen LogP contribution in [0.15, 0.2) is 57.3 Å². The largest absolute Gasteiger partial charge is 0.497 e. The molecule has 10 heteroatoms. The summed E-state index contributed by atoms with van der Waals surface area (Å²) in [5, 5.41) is 0. The maximum atomic E-state index is 12.6. The van der Waals surface area contributed by atoms with Crippen LogP contribution in [0.2, 0.25) is 0 Å². The summed E-state index contributed by atoms with van der Waals surface area (Å²) in [7, 11) is -5.75. The van der Waals surface area contributed by atoms with Gasteiger partial charge in [0.1, 0.15) is 5.75 Å². The van der Waals surface area contributed by atoms with E-state index in [0.29, 0.717) is 22.8 Å². The van der Waals surface area contributed by atoms with E-state index in [1.807, 2.05) is 19.9 Å². The van der Waals surface area contributed by atoms with Crippen molar-refractivity contribution in [2.24, 2.45) is 4.99 Å². The Balaban J connectivity index is 2.27. The molecule has 1 N–H and O–H groups in total. The van der Waals surface area contributed by atoms with E-state index in [1.54, 1.807) is 18.3 Å². The minimum Gasteiger partial charge on any atom is -0.497 e. The molecule has 0 aliphatic carbocycles. The number of nitrogens with one attached hydrogen (secondary N) is 1. The molecule has 2 aromatic rings. The average molecular weight is 452 g/mol.